The number of aryl methyl sites for hydroxylation is 1. The van der Waals surface area contributed by atoms with Gasteiger partial charge in [0.15, 0.2) is 6.61 Å². The van der Waals surface area contributed by atoms with E-state index < -0.39 is 5.97 Å². The fourth-order valence-corrected chi connectivity index (χ4v) is 3.99. The van der Waals surface area contributed by atoms with E-state index in [2.05, 4.69) is 42.2 Å². The fraction of sp³-hybridized carbons (Fsp3) is 0.320. The number of ether oxygens (including phenoxy) is 2. The standard InChI is InChI=1S/C25H26N2O4/c1-17-23(10-7-20-4-3-13-26-25(17)20)19-5-8-21(9-6-19)31-22-11-14-27(15-12-22)24(29)16-30-18(2)28/h3-10,13,22H,11-12,14-16H2,1-2H3. The van der Waals surface area contributed by atoms with E-state index in [0.29, 0.717) is 13.1 Å². The first kappa shape index (κ1) is 20.8. The molecule has 4 rings (SSSR count). The number of aromatic nitrogens is 1. The van der Waals surface area contributed by atoms with E-state index in [1.165, 1.54) is 6.92 Å². The highest BCUT2D eigenvalue weighted by atomic mass is 16.5. The smallest absolute Gasteiger partial charge is 0.303 e. The van der Waals surface area contributed by atoms with Gasteiger partial charge >= 0.3 is 5.97 Å². The number of pyridine rings is 1. The van der Waals surface area contributed by atoms with Crippen LogP contribution in [-0.4, -0.2) is 47.6 Å². The maximum atomic E-state index is 12.1. The second-order valence-electron chi connectivity index (χ2n) is 7.82. The van der Waals surface area contributed by atoms with Gasteiger partial charge in [-0.25, -0.2) is 0 Å². The summed E-state index contributed by atoms with van der Waals surface area (Å²) in [5.74, 6) is 0.230. The van der Waals surface area contributed by atoms with Crippen LogP contribution in [-0.2, 0) is 14.3 Å². The quantitative estimate of drug-likeness (QED) is 0.583. The fourth-order valence-electron chi connectivity index (χ4n) is 3.99. The highest BCUT2D eigenvalue weighted by Gasteiger charge is 2.24. The summed E-state index contributed by atoms with van der Waals surface area (Å²) in [5.41, 5.74) is 4.48. The Hall–Kier alpha value is -3.41. The van der Waals surface area contributed by atoms with Crippen molar-refractivity contribution in [3.63, 3.8) is 0 Å². The predicted molar refractivity (Wildman–Crippen MR) is 119 cm³/mol. The lowest BCUT2D eigenvalue weighted by Gasteiger charge is -2.32. The van der Waals surface area contributed by atoms with E-state index in [4.69, 9.17) is 9.47 Å². The summed E-state index contributed by atoms with van der Waals surface area (Å²) in [6.07, 6.45) is 3.40. The van der Waals surface area contributed by atoms with Gasteiger partial charge in [0.2, 0.25) is 0 Å². The normalized spacial score (nSPS) is 14.5. The van der Waals surface area contributed by atoms with Crippen LogP contribution in [0.4, 0.5) is 0 Å². The topological polar surface area (TPSA) is 68.7 Å². The Kier molecular flexibility index (Phi) is 6.16. The van der Waals surface area contributed by atoms with Crippen LogP contribution in [0.25, 0.3) is 22.0 Å². The van der Waals surface area contributed by atoms with E-state index in [1.54, 1.807) is 4.90 Å². The number of hydrogen-bond acceptors (Lipinski definition) is 5. The summed E-state index contributed by atoms with van der Waals surface area (Å²) < 4.78 is 10.9. The average molecular weight is 418 g/mol. The van der Waals surface area contributed by atoms with Crippen LogP contribution in [0.15, 0.2) is 54.7 Å². The van der Waals surface area contributed by atoms with Crippen molar-refractivity contribution < 1.29 is 19.1 Å². The molecule has 0 saturated carbocycles. The largest absolute Gasteiger partial charge is 0.490 e. The molecule has 1 saturated heterocycles. The minimum atomic E-state index is -0.440. The van der Waals surface area contributed by atoms with E-state index >= 15 is 0 Å². The number of hydrogen-bond donors (Lipinski definition) is 0. The zero-order valence-electron chi connectivity index (χ0n) is 17.8. The van der Waals surface area contributed by atoms with Gasteiger partial charge in [-0.3, -0.25) is 14.6 Å². The first-order valence-electron chi connectivity index (χ1n) is 10.5. The van der Waals surface area contributed by atoms with E-state index in [9.17, 15) is 9.59 Å². The Balaban J connectivity index is 1.36. The van der Waals surface area contributed by atoms with Gasteiger partial charge in [0, 0.05) is 44.4 Å². The van der Waals surface area contributed by atoms with Crippen LogP contribution in [0.1, 0.15) is 25.3 Å². The molecule has 0 bridgehead atoms. The minimum absolute atomic E-state index is 0.0650. The molecular weight excluding hydrogens is 392 g/mol. The molecule has 0 radical (unpaired) electrons. The molecule has 0 N–H and O–H groups in total. The van der Waals surface area contributed by atoms with Crippen molar-refractivity contribution in [2.45, 2.75) is 32.8 Å². The highest BCUT2D eigenvalue weighted by Crippen LogP contribution is 2.30. The zero-order valence-corrected chi connectivity index (χ0v) is 17.8. The molecule has 0 aliphatic carbocycles. The van der Waals surface area contributed by atoms with Crippen LogP contribution in [0, 0.1) is 6.92 Å². The van der Waals surface area contributed by atoms with E-state index in [1.807, 2.05) is 24.4 Å². The molecule has 6 nitrogen and oxygen atoms in total. The summed E-state index contributed by atoms with van der Waals surface area (Å²) in [6.45, 7) is 4.42. The third-order valence-corrected chi connectivity index (χ3v) is 5.69. The van der Waals surface area contributed by atoms with Crippen molar-refractivity contribution >= 4 is 22.8 Å². The predicted octanol–water partition coefficient (Wildman–Crippen LogP) is 4.14. The van der Waals surface area contributed by atoms with Gasteiger partial charge in [0.05, 0.1) is 5.52 Å². The van der Waals surface area contributed by atoms with Crippen LogP contribution in [0.2, 0.25) is 0 Å². The monoisotopic (exact) mass is 418 g/mol. The molecule has 2 heterocycles. The van der Waals surface area contributed by atoms with Gasteiger partial charge in [-0.2, -0.15) is 0 Å². The van der Waals surface area contributed by atoms with Crippen molar-refractivity contribution in [2.24, 2.45) is 0 Å². The Bertz CT molecular complexity index is 1090. The lowest BCUT2D eigenvalue weighted by Crippen LogP contribution is -2.43. The van der Waals surface area contributed by atoms with Crippen LogP contribution < -0.4 is 4.74 Å². The lowest BCUT2D eigenvalue weighted by atomic mass is 9.98. The summed E-state index contributed by atoms with van der Waals surface area (Å²) in [5, 5.41) is 1.14. The maximum absolute atomic E-state index is 12.1. The molecule has 160 valence electrons. The molecule has 3 aromatic rings. The summed E-state index contributed by atoms with van der Waals surface area (Å²) in [7, 11) is 0. The van der Waals surface area contributed by atoms with Gasteiger partial charge in [0.25, 0.3) is 5.91 Å². The first-order chi connectivity index (χ1) is 15.0. The number of amides is 1. The van der Waals surface area contributed by atoms with Gasteiger partial charge < -0.3 is 14.4 Å². The highest BCUT2D eigenvalue weighted by molar-refractivity contribution is 5.88. The summed E-state index contributed by atoms with van der Waals surface area (Å²) in [6, 6.07) is 16.4. The van der Waals surface area contributed by atoms with Crippen molar-refractivity contribution in [3.05, 3.63) is 60.3 Å². The number of likely N-dealkylation sites (tertiary alicyclic amines) is 1. The minimum Gasteiger partial charge on any atom is -0.490 e. The van der Waals surface area contributed by atoms with Crippen LogP contribution in [0.3, 0.4) is 0 Å². The third-order valence-electron chi connectivity index (χ3n) is 5.69. The molecule has 1 aromatic heterocycles. The SMILES string of the molecule is CC(=O)OCC(=O)N1CCC(Oc2ccc(-c3ccc4cccnc4c3C)cc2)CC1. The van der Waals surface area contributed by atoms with Crippen molar-refractivity contribution in [1.29, 1.82) is 0 Å². The Labute approximate surface area is 181 Å². The molecule has 1 fully saturated rings. The number of esters is 1. The Morgan fingerprint density at radius 1 is 1.06 bits per heavy atom. The molecule has 2 aromatic carbocycles. The van der Waals surface area contributed by atoms with Crippen molar-refractivity contribution in [2.75, 3.05) is 19.7 Å². The van der Waals surface area contributed by atoms with E-state index in [-0.39, 0.29) is 18.6 Å². The van der Waals surface area contributed by atoms with Gasteiger partial charge in [-0.15, -0.1) is 0 Å². The number of piperidine rings is 1. The second kappa shape index (κ2) is 9.16. The first-order valence-corrected chi connectivity index (χ1v) is 10.5. The van der Waals surface area contributed by atoms with Gasteiger partial charge in [-0.1, -0.05) is 30.3 Å². The zero-order chi connectivity index (χ0) is 21.8. The summed E-state index contributed by atoms with van der Waals surface area (Å²) >= 11 is 0. The number of benzene rings is 2. The molecule has 1 amide bonds. The number of fused-ring (bicyclic) bond motifs is 1. The Morgan fingerprint density at radius 3 is 2.52 bits per heavy atom. The number of nitrogens with zero attached hydrogens (tertiary/aromatic N) is 2. The second-order valence-corrected chi connectivity index (χ2v) is 7.82. The van der Waals surface area contributed by atoms with Gasteiger partial charge in [0.1, 0.15) is 11.9 Å². The van der Waals surface area contributed by atoms with Crippen molar-refractivity contribution in [1.82, 2.24) is 9.88 Å². The Morgan fingerprint density at radius 2 is 1.81 bits per heavy atom. The number of carbonyl (C=O) groups is 2. The van der Waals surface area contributed by atoms with Crippen LogP contribution >= 0.6 is 0 Å². The average Bonchev–Trinajstić information content (AvgIpc) is 2.79. The molecule has 0 spiro atoms. The van der Waals surface area contributed by atoms with Gasteiger partial charge in [-0.05, 0) is 41.8 Å². The van der Waals surface area contributed by atoms with E-state index in [0.717, 1.165) is 46.2 Å². The molecule has 1 aliphatic rings. The lowest BCUT2D eigenvalue weighted by molar-refractivity contribution is -0.151. The molecular formula is C25H26N2O4. The number of rotatable bonds is 5. The molecule has 0 unspecified atom stereocenters. The van der Waals surface area contributed by atoms with Crippen molar-refractivity contribution in [3.8, 4) is 16.9 Å². The summed E-state index contributed by atoms with van der Waals surface area (Å²) in [4.78, 5) is 29.2. The molecule has 1 aliphatic heterocycles. The maximum Gasteiger partial charge on any atom is 0.303 e. The molecule has 31 heavy (non-hydrogen) atoms. The molecule has 6 heteroatoms. The third kappa shape index (κ3) is 4.85. The van der Waals surface area contributed by atoms with Crippen LogP contribution in [0.5, 0.6) is 5.75 Å². The molecule has 0 atom stereocenters. The number of carbonyl (C=O) groups excluding carboxylic acids is 2.